The molecule has 0 spiro atoms. The van der Waals surface area contributed by atoms with Crippen LogP contribution in [0.15, 0.2) is 54.7 Å². The zero-order chi connectivity index (χ0) is 15.9. The van der Waals surface area contributed by atoms with E-state index in [9.17, 15) is 14.0 Å². The van der Waals surface area contributed by atoms with Crippen LogP contribution < -0.4 is 10.6 Å². The van der Waals surface area contributed by atoms with Crippen LogP contribution in [0, 0.1) is 5.82 Å². The van der Waals surface area contributed by atoms with Gasteiger partial charge in [0.15, 0.2) is 5.78 Å². The fourth-order valence-corrected chi connectivity index (χ4v) is 1.77. The highest BCUT2D eigenvalue weighted by atomic mass is 19.1. The molecular weight excluding hydrogens is 283 g/mol. The Bertz CT molecular complexity index is 709. The zero-order valence-electron chi connectivity index (χ0n) is 12.0. The number of anilines is 1. The molecule has 0 atom stereocenters. The molecule has 2 aromatic carbocycles. The molecule has 0 aliphatic carbocycles. The van der Waals surface area contributed by atoms with Crippen molar-refractivity contribution in [2.24, 2.45) is 0 Å². The maximum Gasteiger partial charge on any atom is 0.323 e. The number of ketones is 1. The van der Waals surface area contributed by atoms with Crippen LogP contribution in [0.5, 0.6) is 0 Å². The minimum atomic E-state index is -0.431. The van der Waals surface area contributed by atoms with Gasteiger partial charge >= 0.3 is 6.03 Å². The summed E-state index contributed by atoms with van der Waals surface area (Å²) >= 11 is 0. The standard InChI is InChI=1S/C17H15FN2O2/c1-12(21)14-3-2-4-16(11-14)20-17(22)19-10-9-13-5-7-15(18)8-6-13/h2-11H,1H3,(H2,19,20,22)/b10-9+. The zero-order valence-corrected chi connectivity index (χ0v) is 12.0. The molecule has 0 aromatic heterocycles. The van der Waals surface area contributed by atoms with Crippen molar-refractivity contribution in [3.63, 3.8) is 0 Å². The van der Waals surface area contributed by atoms with Gasteiger partial charge in [-0.1, -0.05) is 24.3 Å². The van der Waals surface area contributed by atoms with E-state index in [2.05, 4.69) is 10.6 Å². The molecular formula is C17H15FN2O2. The maximum atomic E-state index is 12.7. The molecule has 2 N–H and O–H groups in total. The quantitative estimate of drug-likeness (QED) is 0.843. The molecule has 0 radical (unpaired) electrons. The van der Waals surface area contributed by atoms with Gasteiger partial charge in [0.25, 0.3) is 0 Å². The van der Waals surface area contributed by atoms with Gasteiger partial charge in [-0.25, -0.2) is 9.18 Å². The topological polar surface area (TPSA) is 58.2 Å². The molecule has 112 valence electrons. The Hall–Kier alpha value is -2.95. The number of Topliss-reactive ketones (excluding diaryl/α,β-unsaturated/α-hetero) is 1. The van der Waals surface area contributed by atoms with Gasteiger partial charge in [0, 0.05) is 17.5 Å². The van der Waals surface area contributed by atoms with Crippen molar-refractivity contribution in [3.8, 4) is 0 Å². The predicted octanol–water partition coefficient (Wildman–Crippen LogP) is 3.82. The van der Waals surface area contributed by atoms with E-state index >= 15 is 0 Å². The Morgan fingerprint density at radius 2 is 1.82 bits per heavy atom. The molecule has 0 unspecified atom stereocenters. The molecule has 0 aliphatic rings. The Morgan fingerprint density at radius 3 is 2.50 bits per heavy atom. The summed E-state index contributed by atoms with van der Waals surface area (Å²) in [6.45, 7) is 1.46. The first kappa shape index (κ1) is 15.4. The second-order valence-electron chi connectivity index (χ2n) is 4.62. The Labute approximate surface area is 127 Å². The summed E-state index contributed by atoms with van der Waals surface area (Å²) in [5, 5.41) is 5.15. The third-order valence-corrected chi connectivity index (χ3v) is 2.89. The van der Waals surface area contributed by atoms with Gasteiger partial charge in [-0.05, 0) is 42.8 Å². The van der Waals surface area contributed by atoms with Crippen molar-refractivity contribution >= 4 is 23.6 Å². The maximum absolute atomic E-state index is 12.7. The van der Waals surface area contributed by atoms with E-state index in [-0.39, 0.29) is 11.6 Å². The number of carbonyl (C=O) groups excluding carboxylic acids is 2. The molecule has 4 nitrogen and oxygen atoms in total. The lowest BCUT2D eigenvalue weighted by Gasteiger charge is -2.05. The fraction of sp³-hybridized carbons (Fsp3) is 0.0588. The third kappa shape index (κ3) is 4.56. The minimum Gasteiger partial charge on any atom is -0.314 e. The molecule has 0 bridgehead atoms. The predicted molar refractivity (Wildman–Crippen MR) is 84.0 cm³/mol. The van der Waals surface area contributed by atoms with Crippen molar-refractivity contribution in [1.29, 1.82) is 0 Å². The minimum absolute atomic E-state index is 0.0692. The number of carbonyl (C=O) groups is 2. The van der Waals surface area contributed by atoms with E-state index in [0.29, 0.717) is 11.3 Å². The van der Waals surface area contributed by atoms with Crippen LogP contribution in [0.3, 0.4) is 0 Å². The van der Waals surface area contributed by atoms with Crippen molar-refractivity contribution < 1.29 is 14.0 Å². The van der Waals surface area contributed by atoms with Gasteiger partial charge in [0.1, 0.15) is 5.82 Å². The molecule has 5 heteroatoms. The summed E-state index contributed by atoms with van der Waals surface area (Å²) in [7, 11) is 0. The smallest absolute Gasteiger partial charge is 0.314 e. The van der Waals surface area contributed by atoms with Crippen LogP contribution in [0.1, 0.15) is 22.8 Å². The summed E-state index contributed by atoms with van der Waals surface area (Å²) < 4.78 is 12.7. The lowest BCUT2D eigenvalue weighted by Crippen LogP contribution is -2.23. The molecule has 2 amide bonds. The normalized spacial score (nSPS) is 10.5. The van der Waals surface area contributed by atoms with Crippen LogP contribution in [0.25, 0.3) is 6.08 Å². The van der Waals surface area contributed by atoms with Crippen LogP contribution in [0.2, 0.25) is 0 Å². The lowest BCUT2D eigenvalue weighted by atomic mass is 10.1. The summed E-state index contributed by atoms with van der Waals surface area (Å²) in [5.41, 5.74) is 1.82. The van der Waals surface area contributed by atoms with Gasteiger partial charge in [0.2, 0.25) is 0 Å². The SMILES string of the molecule is CC(=O)c1cccc(NC(=O)N/C=C/c2ccc(F)cc2)c1. The molecule has 0 heterocycles. The number of amides is 2. The lowest BCUT2D eigenvalue weighted by molar-refractivity contribution is 0.101. The first-order valence-electron chi connectivity index (χ1n) is 6.65. The second-order valence-corrected chi connectivity index (χ2v) is 4.62. The molecule has 0 saturated heterocycles. The van der Waals surface area contributed by atoms with E-state index in [1.807, 2.05) is 0 Å². The monoisotopic (exact) mass is 298 g/mol. The molecule has 22 heavy (non-hydrogen) atoms. The third-order valence-electron chi connectivity index (χ3n) is 2.89. The fourth-order valence-electron chi connectivity index (χ4n) is 1.77. The number of hydrogen-bond donors (Lipinski definition) is 2. The summed E-state index contributed by atoms with van der Waals surface area (Å²) in [4.78, 5) is 23.0. The highest BCUT2D eigenvalue weighted by molar-refractivity contribution is 5.96. The van der Waals surface area contributed by atoms with E-state index < -0.39 is 6.03 Å². The summed E-state index contributed by atoms with van der Waals surface area (Å²) in [5.74, 6) is -0.381. The number of nitrogens with one attached hydrogen (secondary N) is 2. The van der Waals surface area contributed by atoms with Gasteiger partial charge in [-0.15, -0.1) is 0 Å². The largest absolute Gasteiger partial charge is 0.323 e. The Balaban J connectivity index is 1.91. The van der Waals surface area contributed by atoms with Crippen molar-refractivity contribution in [2.45, 2.75) is 6.92 Å². The molecule has 2 rings (SSSR count). The number of rotatable bonds is 4. The van der Waals surface area contributed by atoms with Crippen molar-refractivity contribution in [3.05, 3.63) is 71.7 Å². The van der Waals surface area contributed by atoms with E-state index in [1.54, 1.807) is 42.5 Å². The highest BCUT2D eigenvalue weighted by Gasteiger charge is 2.03. The number of benzene rings is 2. The Morgan fingerprint density at radius 1 is 1.09 bits per heavy atom. The number of hydrogen-bond acceptors (Lipinski definition) is 2. The van der Waals surface area contributed by atoms with Gasteiger partial charge in [0.05, 0.1) is 0 Å². The van der Waals surface area contributed by atoms with E-state index in [0.717, 1.165) is 5.56 Å². The number of halogens is 1. The highest BCUT2D eigenvalue weighted by Crippen LogP contribution is 2.11. The van der Waals surface area contributed by atoms with Crippen LogP contribution >= 0.6 is 0 Å². The first-order chi connectivity index (χ1) is 10.5. The summed E-state index contributed by atoms with van der Waals surface area (Å²) in [6, 6.07) is 12.1. The second kappa shape index (κ2) is 7.17. The van der Waals surface area contributed by atoms with Crippen molar-refractivity contribution in [1.82, 2.24) is 5.32 Å². The van der Waals surface area contributed by atoms with E-state index in [4.69, 9.17) is 0 Å². The van der Waals surface area contributed by atoms with Crippen molar-refractivity contribution in [2.75, 3.05) is 5.32 Å². The average molecular weight is 298 g/mol. The molecule has 0 aliphatic heterocycles. The first-order valence-corrected chi connectivity index (χ1v) is 6.65. The van der Waals surface area contributed by atoms with Crippen LogP contribution in [0.4, 0.5) is 14.9 Å². The van der Waals surface area contributed by atoms with E-state index in [1.165, 1.54) is 25.3 Å². The molecule has 0 saturated carbocycles. The molecule has 2 aromatic rings. The van der Waals surface area contributed by atoms with Gasteiger partial charge in [-0.3, -0.25) is 4.79 Å². The Kier molecular flexibility index (Phi) is 5.03. The average Bonchev–Trinajstić information content (AvgIpc) is 2.49. The van der Waals surface area contributed by atoms with Crippen LogP contribution in [-0.2, 0) is 0 Å². The van der Waals surface area contributed by atoms with Gasteiger partial charge in [-0.2, -0.15) is 0 Å². The summed E-state index contributed by atoms with van der Waals surface area (Å²) in [6.07, 6.45) is 3.10. The van der Waals surface area contributed by atoms with Gasteiger partial charge < -0.3 is 10.6 Å². The molecule has 0 fully saturated rings. The number of urea groups is 1. The van der Waals surface area contributed by atoms with Crippen LogP contribution in [-0.4, -0.2) is 11.8 Å².